The highest BCUT2D eigenvalue weighted by Gasteiger charge is 2.29. The Kier molecular flexibility index (Phi) is 7.30. The van der Waals surface area contributed by atoms with Crippen LogP contribution in [0.3, 0.4) is 0 Å². The number of nitrogens with zero attached hydrogens (tertiary/aromatic N) is 2. The van der Waals surface area contributed by atoms with Crippen LogP contribution in [0.1, 0.15) is 24.6 Å². The fourth-order valence-corrected chi connectivity index (χ4v) is 6.76. The van der Waals surface area contributed by atoms with E-state index >= 15 is 0 Å². The molecule has 1 N–H and O–H groups in total. The van der Waals surface area contributed by atoms with E-state index in [9.17, 15) is 21.6 Å². The van der Waals surface area contributed by atoms with Gasteiger partial charge in [0.15, 0.2) is 0 Å². The number of likely N-dealkylation sites (N-methyl/N-ethyl adjacent to an activating group) is 1. The van der Waals surface area contributed by atoms with Crippen LogP contribution >= 0.6 is 11.3 Å². The summed E-state index contributed by atoms with van der Waals surface area (Å²) in [7, 11) is -7.55. The van der Waals surface area contributed by atoms with Gasteiger partial charge in [-0.25, -0.2) is 16.8 Å². The molecule has 1 fully saturated rings. The third-order valence-corrected chi connectivity index (χ3v) is 9.60. The molecule has 3 rings (SSSR count). The summed E-state index contributed by atoms with van der Waals surface area (Å²) in [5, 5.41) is 4.61. The Bertz CT molecular complexity index is 1060. The highest BCUT2D eigenvalue weighted by atomic mass is 32.2. The maximum Gasteiger partial charge on any atom is 0.243 e. The molecule has 8 nitrogen and oxygen atoms in total. The van der Waals surface area contributed by atoms with Crippen LogP contribution in [-0.4, -0.2) is 57.5 Å². The van der Waals surface area contributed by atoms with Gasteiger partial charge in [-0.1, -0.05) is 13.0 Å². The highest BCUT2D eigenvalue weighted by Crippen LogP contribution is 2.23. The average molecular weight is 472 g/mol. The number of hydrogen-bond donors (Lipinski definition) is 1. The van der Waals surface area contributed by atoms with Crippen molar-refractivity contribution >= 4 is 37.3 Å². The van der Waals surface area contributed by atoms with Crippen LogP contribution in [0, 0.1) is 0 Å². The van der Waals surface area contributed by atoms with Crippen molar-refractivity contribution in [1.82, 2.24) is 13.9 Å². The molecule has 0 saturated carbocycles. The molecule has 2 aromatic rings. The minimum Gasteiger partial charge on any atom is -0.350 e. The molecule has 1 aliphatic heterocycles. The highest BCUT2D eigenvalue weighted by molar-refractivity contribution is 7.89. The van der Waals surface area contributed by atoms with Crippen molar-refractivity contribution in [2.45, 2.75) is 36.1 Å². The normalized spacial score (nSPS) is 15.5. The molecule has 11 heteroatoms. The van der Waals surface area contributed by atoms with E-state index in [2.05, 4.69) is 5.32 Å². The second-order valence-corrected chi connectivity index (χ2v) is 11.8. The van der Waals surface area contributed by atoms with Crippen molar-refractivity contribution in [2.24, 2.45) is 0 Å². The van der Waals surface area contributed by atoms with E-state index in [1.807, 2.05) is 17.5 Å². The Balaban J connectivity index is 1.70. The quantitative estimate of drug-likeness (QED) is 0.601. The van der Waals surface area contributed by atoms with Crippen LogP contribution in [0.25, 0.3) is 0 Å². The number of amides is 1. The van der Waals surface area contributed by atoms with E-state index in [1.54, 1.807) is 6.92 Å². The second kappa shape index (κ2) is 9.56. The van der Waals surface area contributed by atoms with E-state index in [4.69, 9.17) is 0 Å². The zero-order valence-electron chi connectivity index (χ0n) is 16.7. The predicted molar refractivity (Wildman–Crippen MR) is 115 cm³/mol. The van der Waals surface area contributed by atoms with E-state index in [1.165, 1.54) is 39.9 Å². The van der Waals surface area contributed by atoms with Crippen molar-refractivity contribution in [1.29, 1.82) is 0 Å². The fourth-order valence-electron chi connectivity index (χ4n) is 3.19. The monoisotopic (exact) mass is 471 g/mol. The molecule has 1 aromatic heterocycles. The molecule has 1 aromatic carbocycles. The number of benzene rings is 1. The van der Waals surface area contributed by atoms with Gasteiger partial charge >= 0.3 is 0 Å². The first-order valence-electron chi connectivity index (χ1n) is 9.64. The van der Waals surface area contributed by atoms with Crippen LogP contribution in [0.15, 0.2) is 51.6 Å². The number of nitrogens with one attached hydrogen (secondary N) is 1. The van der Waals surface area contributed by atoms with Crippen LogP contribution in [0.2, 0.25) is 0 Å². The molecule has 0 radical (unpaired) electrons. The molecule has 0 aliphatic carbocycles. The first-order valence-corrected chi connectivity index (χ1v) is 13.4. The lowest BCUT2D eigenvalue weighted by molar-refractivity contribution is -0.121. The number of thiophene rings is 1. The number of carbonyl (C=O) groups is 1. The zero-order chi connectivity index (χ0) is 21.8. The minimum absolute atomic E-state index is 0.0456. The molecule has 2 heterocycles. The second-order valence-electron chi connectivity index (χ2n) is 6.87. The van der Waals surface area contributed by atoms with Gasteiger partial charge < -0.3 is 5.32 Å². The summed E-state index contributed by atoms with van der Waals surface area (Å²) in [4.78, 5) is 13.2. The predicted octanol–water partition coefficient (Wildman–Crippen LogP) is 1.86. The number of hydrogen-bond acceptors (Lipinski definition) is 6. The summed E-state index contributed by atoms with van der Waals surface area (Å²) in [5.41, 5.74) is 0. The maximum absolute atomic E-state index is 12.9. The summed E-state index contributed by atoms with van der Waals surface area (Å²) in [5.74, 6) is -0.401. The first-order chi connectivity index (χ1) is 14.2. The SMILES string of the molecule is CCN(CC(=O)NCc1cccs1)S(=O)(=O)c1ccc(S(=O)(=O)N2CCCC2)cc1. The molecule has 1 amide bonds. The van der Waals surface area contributed by atoms with Gasteiger partial charge in [0, 0.05) is 24.5 Å². The van der Waals surface area contributed by atoms with Crippen molar-refractivity contribution in [3.8, 4) is 0 Å². The smallest absolute Gasteiger partial charge is 0.243 e. The Morgan fingerprint density at radius 1 is 1.07 bits per heavy atom. The van der Waals surface area contributed by atoms with Crippen molar-refractivity contribution < 1.29 is 21.6 Å². The maximum atomic E-state index is 12.9. The fraction of sp³-hybridized carbons (Fsp3) is 0.421. The third kappa shape index (κ3) is 5.09. The number of carbonyl (C=O) groups excluding carboxylic acids is 1. The Morgan fingerprint density at radius 2 is 1.70 bits per heavy atom. The molecule has 0 unspecified atom stereocenters. The van der Waals surface area contributed by atoms with Gasteiger partial charge in [-0.2, -0.15) is 8.61 Å². The lowest BCUT2D eigenvalue weighted by atomic mass is 10.4. The van der Waals surface area contributed by atoms with Crippen LogP contribution < -0.4 is 5.32 Å². The zero-order valence-corrected chi connectivity index (χ0v) is 19.1. The summed E-state index contributed by atoms with van der Waals surface area (Å²) < 4.78 is 53.6. The van der Waals surface area contributed by atoms with Gasteiger partial charge in [-0.15, -0.1) is 11.3 Å². The lowest BCUT2D eigenvalue weighted by Gasteiger charge is -2.20. The molecule has 164 valence electrons. The van der Waals surface area contributed by atoms with E-state index in [-0.39, 0.29) is 22.9 Å². The molecule has 0 bridgehead atoms. The Hall–Kier alpha value is -1.79. The van der Waals surface area contributed by atoms with E-state index < -0.39 is 26.0 Å². The van der Waals surface area contributed by atoms with E-state index in [0.29, 0.717) is 19.6 Å². The lowest BCUT2D eigenvalue weighted by Crippen LogP contribution is -2.40. The molecular weight excluding hydrogens is 446 g/mol. The van der Waals surface area contributed by atoms with Crippen LogP contribution in [-0.2, 0) is 31.4 Å². The first kappa shape index (κ1) is 22.9. The van der Waals surface area contributed by atoms with Gasteiger partial charge in [-0.3, -0.25) is 4.79 Å². The van der Waals surface area contributed by atoms with Gasteiger partial charge in [0.25, 0.3) is 0 Å². The standard InChI is InChI=1S/C19H25N3O5S3/c1-2-21(15-19(23)20-14-16-6-5-13-28-16)29(24,25)17-7-9-18(10-8-17)30(26,27)22-11-3-4-12-22/h5-10,13H,2-4,11-12,14-15H2,1H3,(H,20,23). The Labute approximate surface area is 181 Å². The van der Waals surface area contributed by atoms with Gasteiger partial charge in [-0.05, 0) is 48.6 Å². The molecule has 0 atom stereocenters. The molecule has 30 heavy (non-hydrogen) atoms. The van der Waals surface area contributed by atoms with Gasteiger partial charge in [0.2, 0.25) is 26.0 Å². The topological polar surface area (TPSA) is 104 Å². The largest absolute Gasteiger partial charge is 0.350 e. The van der Waals surface area contributed by atoms with Crippen LogP contribution in [0.5, 0.6) is 0 Å². The third-order valence-electron chi connectivity index (χ3n) is 4.88. The summed E-state index contributed by atoms with van der Waals surface area (Å²) in [6.07, 6.45) is 1.65. The molecule has 1 saturated heterocycles. The Morgan fingerprint density at radius 3 is 2.27 bits per heavy atom. The van der Waals surface area contributed by atoms with Gasteiger partial charge in [0.1, 0.15) is 0 Å². The summed E-state index contributed by atoms with van der Waals surface area (Å²) in [6, 6.07) is 8.95. The average Bonchev–Trinajstić information content (AvgIpc) is 3.44. The van der Waals surface area contributed by atoms with Crippen molar-refractivity contribution in [3.63, 3.8) is 0 Å². The van der Waals surface area contributed by atoms with Crippen molar-refractivity contribution in [3.05, 3.63) is 46.7 Å². The molecule has 1 aliphatic rings. The molecular formula is C19H25N3O5S3. The van der Waals surface area contributed by atoms with E-state index in [0.717, 1.165) is 22.0 Å². The minimum atomic E-state index is -3.93. The molecule has 0 spiro atoms. The summed E-state index contributed by atoms with van der Waals surface area (Å²) >= 11 is 1.51. The van der Waals surface area contributed by atoms with Gasteiger partial charge in [0.05, 0.1) is 22.9 Å². The van der Waals surface area contributed by atoms with Crippen molar-refractivity contribution in [2.75, 3.05) is 26.2 Å². The number of sulfonamides is 2. The summed E-state index contributed by atoms with van der Waals surface area (Å²) in [6.45, 7) is 2.76. The number of rotatable bonds is 9. The van der Waals surface area contributed by atoms with Crippen LogP contribution in [0.4, 0.5) is 0 Å².